The Morgan fingerprint density at radius 2 is 2.27 bits per heavy atom. The van der Waals surface area contributed by atoms with Crippen molar-refractivity contribution in [3.05, 3.63) is 47.9 Å². The highest BCUT2D eigenvalue weighted by Gasteiger charge is 2.18. The molecule has 1 N–H and O–H groups in total. The first-order chi connectivity index (χ1) is 12.7. The highest BCUT2D eigenvalue weighted by molar-refractivity contribution is 5.91. The van der Waals surface area contributed by atoms with Gasteiger partial charge in [0.25, 0.3) is 5.91 Å². The zero-order chi connectivity index (χ0) is 17.9. The highest BCUT2D eigenvalue weighted by atomic mass is 16.5. The molecule has 1 atom stereocenters. The standard InChI is InChI=1S/C19H23N5O2/c1-14-11-15-5-2-3-7-18(15)24(14)9-8-20-19(25)17-13-23(22-21-17)12-16-6-4-10-26-16/h2-3,5,7,11,13,16H,4,6,8-10,12H2,1H3,(H,20,25). The van der Waals surface area contributed by atoms with Crippen LogP contribution >= 0.6 is 0 Å². The summed E-state index contributed by atoms with van der Waals surface area (Å²) in [5, 5.41) is 12.2. The Balaban J connectivity index is 1.33. The van der Waals surface area contributed by atoms with Crippen molar-refractivity contribution in [2.24, 2.45) is 0 Å². The summed E-state index contributed by atoms with van der Waals surface area (Å²) in [4.78, 5) is 12.3. The maximum atomic E-state index is 12.3. The van der Waals surface area contributed by atoms with Crippen molar-refractivity contribution in [3.63, 3.8) is 0 Å². The molecule has 1 aliphatic rings. The molecule has 0 bridgehead atoms. The molecular formula is C19H23N5O2. The van der Waals surface area contributed by atoms with E-state index in [9.17, 15) is 4.79 Å². The van der Waals surface area contributed by atoms with Crippen LogP contribution in [0, 0.1) is 6.92 Å². The van der Waals surface area contributed by atoms with Gasteiger partial charge < -0.3 is 14.6 Å². The van der Waals surface area contributed by atoms with E-state index >= 15 is 0 Å². The molecule has 1 aromatic carbocycles. The summed E-state index contributed by atoms with van der Waals surface area (Å²) in [6.45, 7) is 4.79. The van der Waals surface area contributed by atoms with Gasteiger partial charge in [0.2, 0.25) is 0 Å². The van der Waals surface area contributed by atoms with Gasteiger partial charge in [-0.05, 0) is 37.3 Å². The average Bonchev–Trinajstić information content (AvgIpc) is 3.37. The lowest BCUT2D eigenvalue weighted by Crippen LogP contribution is -2.27. The van der Waals surface area contributed by atoms with Gasteiger partial charge in [-0.15, -0.1) is 5.10 Å². The predicted octanol–water partition coefficient (Wildman–Crippen LogP) is 2.15. The molecule has 1 unspecified atom stereocenters. The number of hydrogen-bond acceptors (Lipinski definition) is 4. The topological polar surface area (TPSA) is 74.0 Å². The first-order valence-corrected chi connectivity index (χ1v) is 9.05. The molecule has 136 valence electrons. The van der Waals surface area contributed by atoms with Gasteiger partial charge in [-0.2, -0.15) is 0 Å². The zero-order valence-corrected chi connectivity index (χ0v) is 14.9. The summed E-state index contributed by atoms with van der Waals surface area (Å²) in [7, 11) is 0. The fourth-order valence-corrected chi connectivity index (χ4v) is 3.51. The lowest BCUT2D eigenvalue weighted by molar-refractivity contribution is 0.0929. The first-order valence-electron chi connectivity index (χ1n) is 9.05. The summed E-state index contributed by atoms with van der Waals surface area (Å²) in [5.74, 6) is -0.197. The Morgan fingerprint density at radius 1 is 1.38 bits per heavy atom. The number of ether oxygens (including phenoxy) is 1. The largest absolute Gasteiger partial charge is 0.376 e. The van der Waals surface area contributed by atoms with E-state index in [0.29, 0.717) is 18.8 Å². The molecule has 3 aromatic rings. The summed E-state index contributed by atoms with van der Waals surface area (Å²) in [6.07, 6.45) is 3.98. The van der Waals surface area contributed by atoms with Gasteiger partial charge in [-0.25, -0.2) is 4.68 Å². The zero-order valence-electron chi connectivity index (χ0n) is 14.9. The van der Waals surface area contributed by atoms with Crippen molar-refractivity contribution in [3.8, 4) is 0 Å². The van der Waals surface area contributed by atoms with E-state index in [1.54, 1.807) is 10.9 Å². The van der Waals surface area contributed by atoms with Gasteiger partial charge in [0, 0.05) is 30.9 Å². The van der Waals surface area contributed by atoms with Gasteiger partial charge >= 0.3 is 0 Å². The third kappa shape index (κ3) is 3.48. The number of para-hydroxylation sites is 1. The average molecular weight is 353 g/mol. The van der Waals surface area contributed by atoms with Crippen LogP contribution in [0.2, 0.25) is 0 Å². The maximum absolute atomic E-state index is 12.3. The fourth-order valence-electron chi connectivity index (χ4n) is 3.51. The molecule has 4 rings (SSSR count). The van der Waals surface area contributed by atoms with Gasteiger partial charge in [-0.3, -0.25) is 4.79 Å². The second-order valence-electron chi connectivity index (χ2n) is 6.71. The number of benzene rings is 1. The Labute approximate surface area is 151 Å². The number of rotatable bonds is 6. The van der Waals surface area contributed by atoms with E-state index in [1.165, 1.54) is 16.6 Å². The number of fused-ring (bicyclic) bond motifs is 1. The maximum Gasteiger partial charge on any atom is 0.273 e. The Morgan fingerprint density at radius 3 is 3.12 bits per heavy atom. The first kappa shape index (κ1) is 16.8. The Kier molecular flexibility index (Phi) is 4.71. The van der Waals surface area contributed by atoms with Crippen LogP contribution < -0.4 is 5.32 Å². The third-order valence-corrected chi connectivity index (χ3v) is 4.82. The van der Waals surface area contributed by atoms with E-state index in [0.717, 1.165) is 26.0 Å². The van der Waals surface area contributed by atoms with Crippen molar-refractivity contribution in [1.29, 1.82) is 0 Å². The Bertz CT molecular complexity index is 908. The fraction of sp³-hybridized carbons (Fsp3) is 0.421. The second kappa shape index (κ2) is 7.29. The number of carbonyl (C=O) groups excluding carboxylic acids is 1. The van der Waals surface area contributed by atoms with Crippen molar-refractivity contribution in [2.75, 3.05) is 13.2 Å². The molecule has 0 saturated carbocycles. The quantitative estimate of drug-likeness (QED) is 0.737. The summed E-state index contributed by atoms with van der Waals surface area (Å²) in [5.41, 5.74) is 2.71. The molecule has 3 heterocycles. The van der Waals surface area contributed by atoms with E-state index in [4.69, 9.17) is 4.74 Å². The monoisotopic (exact) mass is 353 g/mol. The number of hydrogen-bond donors (Lipinski definition) is 1. The molecular weight excluding hydrogens is 330 g/mol. The van der Waals surface area contributed by atoms with Crippen LogP contribution in [0.1, 0.15) is 29.0 Å². The van der Waals surface area contributed by atoms with Crippen molar-refractivity contribution in [1.82, 2.24) is 24.9 Å². The van der Waals surface area contributed by atoms with Crippen LogP contribution in [0.5, 0.6) is 0 Å². The molecule has 7 nitrogen and oxygen atoms in total. The third-order valence-electron chi connectivity index (χ3n) is 4.82. The molecule has 0 spiro atoms. The van der Waals surface area contributed by atoms with Gasteiger partial charge in [0.1, 0.15) is 0 Å². The number of nitrogens with zero attached hydrogens (tertiary/aromatic N) is 4. The second-order valence-corrected chi connectivity index (χ2v) is 6.71. The number of aromatic nitrogens is 4. The minimum atomic E-state index is -0.197. The lowest BCUT2D eigenvalue weighted by Gasteiger charge is -2.09. The van der Waals surface area contributed by atoms with Crippen molar-refractivity contribution in [2.45, 2.75) is 39.0 Å². The van der Waals surface area contributed by atoms with Crippen LogP contribution in [0.3, 0.4) is 0 Å². The Hall–Kier alpha value is -2.67. The van der Waals surface area contributed by atoms with E-state index in [2.05, 4.69) is 45.3 Å². The van der Waals surface area contributed by atoms with Crippen LogP contribution in [0.4, 0.5) is 0 Å². The van der Waals surface area contributed by atoms with Crippen molar-refractivity contribution >= 4 is 16.8 Å². The minimum absolute atomic E-state index is 0.178. The highest BCUT2D eigenvalue weighted by Crippen LogP contribution is 2.18. The molecule has 1 saturated heterocycles. The van der Waals surface area contributed by atoms with E-state index < -0.39 is 0 Å². The number of aryl methyl sites for hydroxylation is 1. The van der Waals surface area contributed by atoms with Crippen LogP contribution in [0.25, 0.3) is 10.9 Å². The van der Waals surface area contributed by atoms with E-state index in [-0.39, 0.29) is 12.0 Å². The number of nitrogens with one attached hydrogen (secondary N) is 1. The smallest absolute Gasteiger partial charge is 0.273 e. The summed E-state index contributed by atoms with van der Waals surface area (Å²) >= 11 is 0. The number of carbonyl (C=O) groups is 1. The molecule has 1 amide bonds. The predicted molar refractivity (Wildman–Crippen MR) is 98.0 cm³/mol. The summed E-state index contributed by atoms with van der Waals surface area (Å²) in [6, 6.07) is 10.4. The summed E-state index contributed by atoms with van der Waals surface area (Å²) < 4.78 is 9.49. The van der Waals surface area contributed by atoms with Gasteiger partial charge in [0.05, 0.1) is 18.8 Å². The molecule has 1 fully saturated rings. The van der Waals surface area contributed by atoms with Crippen LogP contribution in [0.15, 0.2) is 36.5 Å². The number of amides is 1. The molecule has 1 aliphatic heterocycles. The minimum Gasteiger partial charge on any atom is -0.376 e. The molecule has 0 aliphatic carbocycles. The SMILES string of the molecule is Cc1cc2ccccc2n1CCNC(=O)c1cn(CC2CCCO2)nn1. The normalized spacial score (nSPS) is 17.0. The van der Waals surface area contributed by atoms with Gasteiger partial charge in [-0.1, -0.05) is 23.4 Å². The van der Waals surface area contributed by atoms with E-state index in [1.807, 2.05) is 12.1 Å². The van der Waals surface area contributed by atoms with Gasteiger partial charge in [0.15, 0.2) is 5.69 Å². The van der Waals surface area contributed by atoms with Crippen molar-refractivity contribution < 1.29 is 9.53 Å². The molecule has 7 heteroatoms. The lowest BCUT2D eigenvalue weighted by atomic mass is 10.2. The van der Waals surface area contributed by atoms with Crippen LogP contribution in [-0.4, -0.2) is 44.7 Å². The van der Waals surface area contributed by atoms with Crippen LogP contribution in [-0.2, 0) is 17.8 Å². The molecule has 0 radical (unpaired) electrons. The molecule has 26 heavy (non-hydrogen) atoms. The molecule has 2 aromatic heterocycles.